The summed E-state index contributed by atoms with van der Waals surface area (Å²) in [6.07, 6.45) is 1.81. The lowest BCUT2D eigenvalue weighted by molar-refractivity contribution is 0.368. The maximum Gasteiger partial charge on any atom is 0.216 e. The molecule has 0 unspecified atom stereocenters. The summed E-state index contributed by atoms with van der Waals surface area (Å²) in [7, 11) is 5.54. The largest absolute Gasteiger partial charge is 0.481 e. The fourth-order valence-electron chi connectivity index (χ4n) is 2.35. The van der Waals surface area contributed by atoms with E-state index < -0.39 is 0 Å². The van der Waals surface area contributed by atoms with Gasteiger partial charge in [-0.1, -0.05) is 13.8 Å². The number of aromatic nitrogens is 4. The van der Waals surface area contributed by atoms with Gasteiger partial charge in [-0.25, -0.2) is 4.68 Å². The SMILES string of the molecule is COc1c(CNCc2ccnn2C)c(C(C)C)nn1C. The number of hydrogen-bond acceptors (Lipinski definition) is 4. The molecule has 0 radical (unpaired) electrons. The maximum absolute atomic E-state index is 5.46. The Morgan fingerprint density at radius 3 is 2.55 bits per heavy atom. The van der Waals surface area contributed by atoms with Crippen molar-refractivity contribution in [3.8, 4) is 5.88 Å². The average molecular weight is 277 g/mol. The van der Waals surface area contributed by atoms with E-state index in [0.29, 0.717) is 5.92 Å². The van der Waals surface area contributed by atoms with Crippen molar-refractivity contribution in [2.24, 2.45) is 14.1 Å². The zero-order chi connectivity index (χ0) is 14.7. The van der Waals surface area contributed by atoms with Crippen LogP contribution in [0.5, 0.6) is 5.88 Å². The molecule has 0 aliphatic carbocycles. The third-order valence-electron chi connectivity index (χ3n) is 3.39. The summed E-state index contributed by atoms with van der Waals surface area (Å²) >= 11 is 0. The summed E-state index contributed by atoms with van der Waals surface area (Å²) in [5.74, 6) is 1.20. The van der Waals surface area contributed by atoms with Gasteiger partial charge in [-0.3, -0.25) is 4.68 Å². The molecule has 0 bridgehead atoms. The van der Waals surface area contributed by atoms with Crippen LogP contribution in [-0.4, -0.2) is 26.7 Å². The fourth-order valence-corrected chi connectivity index (χ4v) is 2.35. The molecule has 110 valence electrons. The number of nitrogens with zero attached hydrogens (tertiary/aromatic N) is 4. The normalized spacial score (nSPS) is 11.3. The van der Waals surface area contributed by atoms with Crippen molar-refractivity contribution in [2.45, 2.75) is 32.9 Å². The summed E-state index contributed by atoms with van der Waals surface area (Å²) < 4.78 is 9.14. The summed E-state index contributed by atoms with van der Waals surface area (Å²) in [4.78, 5) is 0. The smallest absolute Gasteiger partial charge is 0.216 e. The van der Waals surface area contributed by atoms with Gasteiger partial charge in [0.2, 0.25) is 5.88 Å². The lowest BCUT2D eigenvalue weighted by Gasteiger charge is -2.09. The van der Waals surface area contributed by atoms with Gasteiger partial charge in [-0.2, -0.15) is 10.2 Å². The first-order valence-electron chi connectivity index (χ1n) is 6.82. The lowest BCUT2D eigenvalue weighted by atomic mass is 10.1. The van der Waals surface area contributed by atoms with Gasteiger partial charge in [0.25, 0.3) is 0 Å². The Labute approximate surface area is 119 Å². The third-order valence-corrected chi connectivity index (χ3v) is 3.39. The van der Waals surface area contributed by atoms with E-state index in [9.17, 15) is 0 Å². The summed E-state index contributed by atoms with van der Waals surface area (Å²) in [6.45, 7) is 5.79. The Hall–Kier alpha value is -1.82. The molecule has 0 amide bonds. The Bertz CT molecular complexity index is 570. The van der Waals surface area contributed by atoms with Gasteiger partial charge in [-0.05, 0) is 12.0 Å². The van der Waals surface area contributed by atoms with Crippen molar-refractivity contribution in [3.05, 3.63) is 29.2 Å². The van der Waals surface area contributed by atoms with E-state index in [0.717, 1.165) is 35.9 Å². The topological polar surface area (TPSA) is 56.9 Å². The minimum absolute atomic E-state index is 0.374. The molecule has 2 heterocycles. The molecule has 0 aliphatic heterocycles. The molecule has 2 aromatic heterocycles. The van der Waals surface area contributed by atoms with Crippen LogP contribution >= 0.6 is 0 Å². The van der Waals surface area contributed by atoms with E-state index in [1.54, 1.807) is 18.0 Å². The maximum atomic E-state index is 5.46. The van der Waals surface area contributed by atoms with Crippen molar-refractivity contribution in [3.63, 3.8) is 0 Å². The first-order valence-corrected chi connectivity index (χ1v) is 6.82. The Kier molecular flexibility index (Phi) is 4.44. The standard InChI is InChI=1S/C14H23N5O/c1-10(2)13-12(14(20-5)19(4)17-13)9-15-8-11-6-7-16-18(11)3/h6-7,10,15H,8-9H2,1-5H3. The second-order valence-corrected chi connectivity index (χ2v) is 5.20. The zero-order valence-electron chi connectivity index (χ0n) is 12.8. The second-order valence-electron chi connectivity index (χ2n) is 5.20. The van der Waals surface area contributed by atoms with Crippen molar-refractivity contribution >= 4 is 0 Å². The minimum Gasteiger partial charge on any atom is -0.481 e. The number of methoxy groups -OCH3 is 1. The summed E-state index contributed by atoms with van der Waals surface area (Å²) in [5, 5.41) is 12.1. The zero-order valence-corrected chi connectivity index (χ0v) is 12.8. The van der Waals surface area contributed by atoms with E-state index in [2.05, 4.69) is 29.4 Å². The highest BCUT2D eigenvalue weighted by Crippen LogP contribution is 2.26. The first kappa shape index (κ1) is 14.6. The number of rotatable bonds is 6. The third kappa shape index (κ3) is 2.85. The monoisotopic (exact) mass is 277 g/mol. The highest BCUT2D eigenvalue weighted by molar-refractivity contribution is 5.33. The van der Waals surface area contributed by atoms with Crippen molar-refractivity contribution in [1.29, 1.82) is 0 Å². The molecule has 0 saturated carbocycles. The van der Waals surface area contributed by atoms with Gasteiger partial charge in [-0.15, -0.1) is 0 Å². The molecule has 0 aromatic carbocycles. The molecule has 0 aliphatic rings. The van der Waals surface area contributed by atoms with E-state index in [4.69, 9.17) is 4.74 Å². The number of nitrogens with one attached hydrogen (secondary N) is 1. The van der Waals surface area contributed by atoms with Gasteiger partial charge in [0, 0.05) is 33.4 Å². The van der Waals surface area contributed by atoms with E-state index in [1.165, 1.54) is 0 Å². The number of ether oxygens (including phenoxy) is 1. The Morgan fingerprint density at radius 1 is 1.25 bits per heavy atom. The van der Waals surface area contributed by atoms with Crippen LogP contribution in [0.4, 0.5) is 0 Å². The van der Waals surface area contributed by atoms with Gasteiger partial charge in [0.15, 0.2) is 0 Å². The highest BCUT2D eigenvalue weighted by Gasteiger charge is 2.18. The second kappa shape index (κ2) is 6.09. The summed E-state index contributed by atoms with van der Waals surface area (Å²) in [6, 6.07) is 2.01. The van der Waals surface area contributed by atoms with Gasteiger partial charge in [0.05, 0.1) is 24.1 Å². The molecule has 1 N–H and O–H groups in total. The van der Waals surface area contributed by atoms with Crippen LogP contribution in [-0.2, 0) is 27.2 Å². The van der Waals surface area contributed by atoms with E-state index >= 15 is 0 Å². The molecular formula is C14H23N5O. The van der Waals surface area contributed by atoms with Crippen LogP contribution in [0.3, 0.4) is 0 Å². The van der Waals surface area contributed by atoms with Crippen LogP contribution in [0.1, 0.15) is 36.7 Å². The molecule has 0 spiro atoms. The molecule has 2 rings (SSSR count). The predicted molar refractivity (Wildman–Crippen MR) is 77.6 cm³/mol. The number of hydrogen-bond donors (Lipinski definition) is 1. The van der Waals surface area contributed by atoms with Crippen LogP contribution in [0.15, 0.2) is 12.3 Å². The van der Waals surface area contributed by atoms with Crippen LogP contribution in [0.25, 0.3) is 0 Å². The number of aryl methyl sites for hydroxylation is 2. The van der Waals surface area contributed by atoms with Crippen LogP contribution in [0, 0.1) is 0 Å². The van der Waals surface area contributed by atoms with Gasteiger partial charge >= 0.3 is 0 Å². The van der Waals surface area contributed by atoms with Gasteiger partial charge in [0.1, 0.15) is 0 Å². The Balaban J connectivity index is 2.10. The van der Waals surface area contributed by atoms with E-state index in [1.807, 2.05) is 24.8 Å². The fraction of sp³-hybridized carbons (Fsp3) is 0.571. The van der Waals surface area contributed by atoms with Crippen molar-refractivity contribution in [2.75, 3.05) is 7.11 Å². The minimum atomic E-state index is 0.374. The molecule has 20 heavy (non-hydrogen) atoms. The first-order chi connectivity index (χ1) is 9.54. The highest BCUT2D eigenvalue weighted by atomic mass is 16.5. The molecule has 0 fully saturated rings. The Morgan fingerprint density at radius 2 is 2.00 bits per heavy atom. The molecular weight excluding hydrogens is 254 g/mol. The van der Waals surface area contributed by atoms with Crippen molar-refractivity contribution in [1.82, 2.24) is 24.9 Å². The molecule has 0 atom stereocenters. The molecule has 6 nitrogen and oxygen atoms in total. The van der Waals surface area contributed by atoms with Gasteiger partial charge < -0.3 is 10.1 Å². The molecule has 6 heteroatoms. The van der Waals surface area contributed by atoms with Crippen molar-refractivity contribution < 1.29 is 4.74 Å². The van der Waals surface area contributed by atoms with Crippen LogP contribution < -0.4 is 10.1 Å². The lowest BCUT2D eigenvalue weighted by Crippen LogP contribution is -2.16. The van der Waals surface area contributed by atoms with E-state index in [-0.39, 0.29) is 0 Å². The average Bonchev–Trinajstić information content (AvgIpc) is 2.94. The summed E-state index contributed by atoms with van der Waals surface area (Å²) in [5.41, 5.74) is 3.37. The quantitative estimate of drug-likeness (QED) is 0.871. The molecule has 0 saturated heterocycles. The molecule has 2 aromatic rings. The van der Waals surface area contributed by atoms with Crippen LogP contribution in [0.2, 0.25) is 0 Å². The predicted octanol–water partition coefficient (Wildman–Crippen LogP) is 1.58.